The van der Waals surface area contributed by atoms with Gasteiger partial charge in [0, 0.05) is 24.0 Å². The summed E-state index contributed by atoms with van der Waals surface area (Å²) in [6.45, 7) is 1.81. The molecule has 4 rings (SSSR count). The maximum absolute atomic E-state index is 11.6. The molecule has 1 aliphatic rings. The third-order valence-corrected chi connectivity index (χ3v) is 3.97. The van der Waals surface area contributed by atoms with Crippen LogP contribution in [0.25, 0.3) is 16.7 Å². The normalized spacial score (nSPS) is 14.4. The smallest absolute Gasteiger partial charge is 0.336 e. The molecular formula is C16H14N4O2. The van der Waals surface area contributed by atoms with Gasteiger partial charge in [-0.25, -0.2) is 14.5 Å². The summed E-state index contributed by atoms with van der Waals surface area (Å²) in [6.07, 6.45) is 5.50. The molecule has 1 saturated carbocycles. The Hall–Kier alpha value is -2.76. The molecule has 0 aliphatic heterocycles. The number of carboxylic acid groups (broad SMARTS) is 1. The molecule has 3 heterocycles. The minimum Gasteiger partial charge on any atom is -0.478 e. The first-order valence-corrected chi connectivity index (χ1v) is 7.19. The molecule has 0 atom stereocenters. The SMILES string of the molecule is Cc1nn(-c2ccncc2)c2nc(C3CC3)cc(C(=O)O)c12. The van der Waals surface area contributed by atoms with Crippen LogP contribution >= 0.6 is 0 Å². The zero-order valence-corrected chi connectivity index (χ0v) is 12.0. The van der Waals surface area contributed by atoms with Crippen LogP contribution in [0.5, 0.6) is 0 Å². The molecule has 0 bridgehead atoms. The molecular weight excluding hydrogens is 280 g/mol. The minimum absolute atomic E-state index is 0.282. The molecule has 0 unspecified atom stereocenters. The Morgan fingerprint density at radius 3 is 2.68 bits per heavy atom. The molecule has 6 heteroatoms. The van der Waals surface area contributed by atoms with Crippen LogP contribution in [-0.2, 0) is 0 Å². The minimum atomic E-state index is -0.938. The maximum Gasteiger partial charge on any atom is 0.336 e. The number of aromatic carboxylic acids is 1. The first-order valence-electron chi connectivity index (χ1n) is 7.19. The first-order chi connectivity index (χ1) is 10.6. The van der Waals surface area contributed by atoms with Crippen LogP contribution in [-0.4, -0.2) is 30.8 Å². The Bertz CT molecular complexity index is 882. The summed E-state index contributed by atoms with van der Waals surface area (Å²) in [4.78, 5) is 20.3. The summed E-state index contributed by atoms with van der Waals surface area (Å²) in [6, 6.07) is 5.36. The van der Waals surface area contributed by atoms with E-state index < -0.39 is 5.97 Å². The molecule has 22 heavy (non-hydrogen) atoms. The average molecular weight is 294 g/mol. The summed E-state index contributed by atoms with van der Waals surface area (Å²) >= 11 is 0. The molecule has 1 aliphatic carbocycles. The van der Waals surface area contributed by atoms with E-state index in [0.717, 1.165) is 24.2 Å². The molecule has 1 fully saturated rings. The number of hydrogen-bond acceptors (Lipinski definition) is 4. The number of fused-ring (bicyclic) bond motifs is 1. The van der Waals surface area contributed by atoms with Crippen molar-refractivity contribution in [3.63, 3.8) is 0 Å². The summed E-state index contributed by atoms with van der Waals surface area (Å²) in [5.74, 6) is -0.560. The Labute approximate surface area is 126 Å². The lowest BCUT2D eigenvalue weighted by atomic mass is 10.1. The third-order valence-electron chi connectivity index (χ3n) is 3.97. The number of aryl methyl sites for hydroxylation is 1. The Morgan fingerprint density at radius 2 is 2.05 bits per heavy atom. The monoisotopic (exact) mass is 294 g/mol. The van der Waals surface area contributed by atoms with E-state index in [-0.39, 0.29) is 5.56 Å². The van der Waals surface area contributed by atoms with Gasteiger partial charge in [0.25, 0.3) is 0 Å². The van der Waals surface area contributed by atoms with E-state index in [0.29, 0.717) is 22.6 Å². The van der Waals surface area contributed by atoms with Crippen molar-refractivity contribution >= 4 is 17.0 Å². The molecule has 3 aromatic heterocycles. The Kier molecular flexibility index (Phi) is 2.72. The summed E-state index contributed by atoms with van der Waals surface area (Å²) in [5.41, 5.74) is 3.22. The van der Waals surface area contributed by atoms with Crippen molar-refractivity contribution in [1.29, 1.82) is 0 Å². The molecule has 3 aromatic rings. The van der Waals surface area contributed by atoms with E-state index in [1.807, 2.05) is 19.1 Å². The zero-order chi connectivity index (χ0) is 15.3. The van der Waals surface area contributed by atoms with Gasteiger partial charge in [-0.05, 0) is 38.0 Å². The maximum atomic E-state index is 11.6. The van der Waals surface area contributed by atoms with Crippen LogP contribution in [0.4, 0.5) is 0 Å². The van der Waals surface area contributed by atoms with Crippen molar-refractivity contribution < 1.29 is 9.90 Å². The molecule has 0 aromatic carbocycles. The van der Waals surface area contributed by atoms with Crippen molar-refractivity contribution in [2.24, 2.45) is 0 Å². The number of rotatable bonds is 3. The van der Waals surface area contributed by atoms with Crippen molar-refractivity contribution in [3.8, 4) is 5.69 Å². The standard InChI is InChI=1S/C16H14N4O2/c1-9-14-12(16(21)22)8-13(10-2-3-10)18-15(14)20(19-9)11-4-6-17-7-5-11/h4-8,10H,2-3H2,1H3,(H,21,22). The van der Waals surface area contributed by atoms with Crippen molar-refractivity contribution in [3.05, 3.63) is 47.5 Å². The highest BCUT2D eigenvalue weighted by atomic mass is 16.4. The van der Waals surface area contributed by atoms with E-state index in [1.165, 1.54) is 0 Å². The van der Waals surface area contributed by atoms with Gasteiger partial charge in [0.15, 0.2) is 5.65 Å². The van der Waals surface area contributed by atoms with Crippen LogP contribution in [0, 0.1) is 6.92 Å². The van der Waals surface area contributed by atoms with E-state index in [2.05, 4.69) is 10.1 Å². The van der Waals surface area contributed by atoms with Crippen LogP contribution in [0.1, 0.15) is 40.5 Å². The quantitative estimate of drug-likeness (QED) is 0.803. The molecule has 1 N–H and O–H groups in total. The second kappa shape index (κ2) is 4.62. The van der Waals surface area contributed by atoms with Gasteiger partial charge in [-0.2, -0.15) is 5.10 Å². The number of carboxylic acids is 1. The van der Waals surface area contributed by atoms with Gasteiger partial charge in [0.1, 0.15) is 0 Å². The van der Waals surface area contributed by atoms with Crippen molar-refractivity contribution in [1.82, 2.24) is 19.7 Å². The predicted molar refractivity (Wildman–Crippen MR) is 80.3 cm³/mol. The molecule has 6 nitrogen and oxygen atoms in total. The highest BCUT2D eigenvalue weighted by Crippen LogP contribution is 2.40. The van der Waals surface area contributed by atoms with E-state index in [9.17, 15) is 9.90 Å². The Morgan fingerprint density at radius 1 is 1.32 bits per heavy atom. The second-order valence-electron chi connectivity index (χ2n) is 5.58. The van der Waals surface area contributed by atoms with Gasteiger partial charge in [0.2, 0.25) is 0 Å². The van der Waals surface area contributed by atoms with Crippen LogP contribution in [0.3, 0.4) is 0 Å². The lowest BCUT2D eigenvalue weighted by Gasteiger charge is -2.06. The van der Waals surface area contributed by atoms with Crippen molar-refractivity contribution in [2.75, 3.05) is 0 Å². The Balaban J connectivity index is 2.05. The average Bonchev–Trinajstić information content (AvgIpc) is 3.32. The van der Waals surface area contributed by atoms with Gasteiger partial charge >= 0.3 is 5.97 Å². The fourth-order valence-electron chi connectivity index (χ4n) is 2.73. The first kappa shape index (κ1) is 12.9. The number of nitrogens with zero attached hydrogens (tertiary/aromatic N) is 4. The van der Waals surface area contributed by atoms with Gasteiger partial charge in [-0.3, -0.25) is 4.98 Å². The molecule has 0 spiro atoms. The molecule has 110 valence electrons. The van der Waals surface area contributed by atoms with Gasteiger partial charge in [-0.1, -0.05) is 0 Å². The largest absolute Gasteiger partial charge is 0.478 e. The van der Waals surface area contributed by atoms with Crippen molar-refractivity contribution in [2.45, 2.75) is 25.7 Å². The van der Waals surface area contributed by atoms with E-state index >= 15 is 0 Å². The summed E-state index contributed by atoms with van der Waals surface area (Å²) in [5, 5.41) is 14.6. The molecule has 0 radical (unpaired) electrons. The fourth-order valence-corrected chi connectivity index (χ4v) is 2.73. The fraction of sp³-hybridized carbons (Fsp3) is 0.250. The van der Waals surface area contributed by atoms with Gasteiger partial charge in [-0.15, -0.1) is 0 Å². The topological polar surface area (TPSA) is 80.9 Å². The molecule has 0 saturated heterocycles. The van der Waals surface area contributed by atoms with E-state index in [1.54, 1.807) is 23.1 Å². The lowest BCUT2D eigenvalue weighted by Crippen LogP contribution is -2.03. The predicted octanol–water partition coefficient (Wildman–Crippen LogP) is 2.70. The third kappa shape index (κ3) is 1.95. The van der Waals surface area contributed by atoms with Crippen LogP contribution in [0.2, 0.25) is 0 Å². The highest BCUT2D eigenvalue weighted by molar-refractivity contribution is 6.03. The second-order valence-corrected chi connectivity index (χ2v) is 5.58. The zero-order valence-electron chi connectivity index (χ0n) is 12.0. The van der Waals surface area contributed by atoms with E-state index in [4.69, 9.17) is 4.98 Å². The van der Waals surface area contributed by atoms with Gasteiger partial charge in [0.05, 0.1) is 22.3 Å². The number of hydrogen-bond donors (Lipinski definition) is 1. The number of pyridine rings is 2. The summed E-state index contributed by atoms with van der Waals surface area (Å²) in [7, 11) is 0. The highest BCUT2D eigenvalue weighted by Gasteiger charge is 2.28. The van der Waals surface area contributed by atoms with Gasteiger partial charge < -0.3 is 5.11 Å². The summed E-state index contributed by atoms with van der Waals surface area (Å²) < 4.78 is 1.70. The lowest BCUT2D eigenvalue weighted by molar-refractivity contribution is 0.0698. The number of aromatic nitrogens is 4. The van der Waals surface area contributed by atoms with Crippen LogP contribution in [0.15, 0.2) is 30.6 Å². The molecule has 0 amide bonds. The van der Waals surface area contributed by atoms with Crippen LogP contribution < -0.4 is 0 Å². The number of carbonyl (C=O) groups is 1.